The van der Waals surface area contributed by atoms with Crippen molar-refractivity contribution in [3.05, 3.63) is 29.6 Å². The summed E-state index contributed by atoms with van der Waals surface area (Å²) in [6.45, 7) is 6.65. The number of aryl methyl sites for hydroxylation is 1. The summed E-state index contributed by atoms with van der Waals surface area (Å²) in [6.07, 6.45) is 8.33. The van der Waals surface area contributed by atoms with Crippen LogP contribution in [-0.4, -0.2) is 4.98 Å². The van der Waals surface area contributed by atoms with Gasteiger partial charge in [0, 0.05) is 18.4 Å². The molecule has 0 saturated carbocycles. The standard InChI is InChI=1S/C14H24N2/c1-4-11(5-2)9-14(15)13-7-8-16-10-12(13)6-3/h7-8,10-11,14H,4-6,9,15H2,1-3H3. The Hall–Kier alpha value is -0.890. The highest BCUT2D eigenvalue weighted by molar-refractivity contribution is 5.26. The van der Waals surface area contributed by atoms with E-state index in [2.05, 4.69) is 31.8 Å². The molecule has 16 heavy (non-hydrogen) atoms. The highest BCUT2D eigenvalue weighted by atomic mass is 14.7. The van der Waals surface area contributed by atoms with Crippen LogP contribution in [0.1, 0.15) is 57.2 Å². The number of pyridine rings is 1. The Morgan fingerprint density at radius 3 is 2.50 bits per heavy atom. The predicted molar refractivity (Wildman–Crippen MR) is 69.2 cm³/mol. The Labute approximate surface area is 99.3 Å². The fourth-order valence-electron chi connectivity index (χ4n) is 2.20. The van der Waals surface area contributed by atoms with E-state index in [1.165, 1.54) is 24.0 Å². The Morgan fingerprint density at radius 2 is 1.94 bits per heavy atom. The monoisotopic (exact) mass is 220 g/mol. The van der Waals surface area contributed by atoms with E-state index in [0.717, 1.165) is 18.8 Å². The molecule has 1 aromatic heterocycles. The number of rotatable bonds is 6. The molecule has 2 N–H and O–H groups in total. The van der Waals surface area contributed by atoms with Crippen molar-refractivity contribution in [3.63, 3.8) is 0 Å². The van der Waals surface area contributed by atoms with Gasteiger partial charge in [-0.2, -0.15) is 0 Å². The maximum Gasteiger partial charge on any atom is 0.0303 e. The van der Waals surface area contributed by atoms with Gasteiger partial charge in [0.05, 0.1) is 0 Å². The lowest BCUT2D eigenvalue weighted by Gasteiger charge is -2.20. The zero-order chi connectivity index (χ0) is 12.0. The summed E-state index contributed by atoms with van der Waals surface area (Å²) in [5.41, 5.74) is 8.87. The van der Waals surface area contributed by atoms with E-state index in [0.29, 0.717) is 0 Å². The molecule has 1 unspecified atom stereocenters. The molecule has 0 bridgehead atoms. The minimum absolute atomic E-state index is 0.169. The molecule has 1 atom stereocenters. The fraction of sp³-hybridized carbons (Fsp3) is 0.643. The minimum atomic E-state index is 0.169. The molecule has 0 aliphatic carbocycles. The van der Waals surface area contributed by atoms with E-state index >= 15 is 0 Å². The van der Waals surface area contributed by atoms with Crippen LogP contribution in [0.5, 0.6) is 0 Å². The molecule has 2 heteroatoms. The first-order chi connectivity index (χ1) is 7.72. The van der Waals surface area contributed by atoms with Gasteiger partial charge in [0.2, 0.25) is 0 Å². The summed E-state index contributed by atoms with van der Waals surface area (Å²) in [4.78, 5) is 4.16. The molecule has 0 radical (unpaired) electrons. The van der Waals surface area contributed by atoms with Crippen molar-refractivity contribution >= 4 is 0 Å². The summed E-state index contributed by atoms with van der Waals surface area (Å²) < 4.78 is 0. The molecule has 1 rings (SSSR count). The van der Waals surface area contributed by atoms with Crippen LogP contribution in [0.4, 0.5) is 0 Å². The van der Waals surface area contributed by atoms with E-state index in [4.69, 9.17) is 5.73 Å². The second kappa shape index (κ2) is 6.64. The number of nitrogens with zero attached hydrogens (tertiary/aromatic N) is 1. The average Bonchev–Trinajstić information content (AvgIpc) is 2.35. The first kappa shape index (κ1) is 13.2. The molecule has 1 heterocycles. The first-order valence-corrected chi connectivity index (χ1v) is 6.41. The molecule has 0 saturated heterocycles. The lowest BCUT2D eigenvalue weighted by atomic mass is 9.90. The smallest absolute Gasteiger partial charge is 0.0303 e. The summed E-state index contributed by atoms with van der Waals surface area (Å²) >= 11 is 0. The van der Waals surface area contributed by atoms with Crippen molar-refractivity contribution in [1.82, 2.24) is 4.98 Å². The molecule has 0 fully saturated rings. The van der Waals surface area contributed by atoms with Crippen molar-refractivity contribution in [2.24, 2.45) is 11.7 Å². The van der Waals surface area contributed by atoms with Crippen LogP contribution in [0.3, 0.4) is 0 Å². The third-order valence-corrected chi connectivity index (χ3v) is 3.46. The van der Waals surface area contributed by atoms with E-state index in [-0.39, 0.29) is 6.04 Å². The quantitative estimate of drug-likeness (QED) is 0.797. The molecule has 0 aliphatic heterocycles. The van der Waals surface area contributed by atoms with Gasteiger partial charge < -0.3 is 5.73 Å². The van der Waals surface area contributed by atoms with Crippen molar-refractivity contribution in [1.29, 1.82) is 0 Å². The number of hydrogen-bond donors (Lipinski definition) is 1. The Morgan fingerprint density at radius 1 is 1.25 bits per heavy atom. The maximum absolute atomic E-state index is 6.30. The van der Waals surface area contributed by atoms with Crippen molar-refractivity contribution in [2.45, 2.75) is 52.5 Å². The first-order valence-electron chi connectivity index (χ1n) is 6.41. The number of hydrogen-bond acceptors (Lipinski definition) is 2. The zero-order valence-corrected chi connectivity index (χ0v) is 10.7. The second-order valence-corrected chi connectivity index (χ2v) is 4.45. The van der Waals surface area contributed by atoms with Crippen LogP contribution in [0.15, 0.2) is 18.5 Å². The fourth-order valence-corrected chi connectivity index (χ4v) is 2.20. The van der Waals surface area contributed by atoms with E-state index in [1.54, 1.807) is 0 Å². The molecule has 0 aromatic carbocycles. The average molecular weight is 220 g/mol. The van der Waals surface area contributed by atoms with Gasteiger partial charge in [-0.25, -0.2) is 0 Å². The van der Waals surface area contributed by atoms with Gasteiger partial charge in [0.25, 0.3) is 0 Å². The van der Waals surface area contributed by atoms with Gasteiger partial charge in [0.1, 0.15) is 0 Å². The van der Waals surface area contributed by atoms with Crippen LogP contribution in [0.25, 0.3) is 0 Å². The number of aromatic nitrogens is 1. The molecule has 2 nitrogen and oxygen atoms in total. The van der Waals surface area contributed by atoms with Crippen molar-refractivity contribution < 1.29 is 0 Å². The van der Waals surface area contributed by atoms with Gasteiger partial charge in [0.15, 0.2) is 0 Å². The van der Waals surface area contributed by atoms with Crippen LogP contribution in [0, 0.1) is 5.92 Å². The summed E-state index contributed by atoms with van der Waals surface area (Å²) in [5, 5.41) is 0. The molecular formula is C14H24N2. The molecule has 0 aliphatic rings. The highest BCUT2D eigenvalue weighted by Crippen LogP contribution is 2.25. The number of nitrogens with two attached hydrogens (primary N) is 1. The van der Waals surface area contributed by atoms with Gasteiger partial charge in [-0.1, -0.05) is 33.6 Å². The Bertz CT molecular complexity index is 305. The van der Waals surface area contributed by atoms with E-state index < -0.39 is 0 Å². The molecule has 1 aromatic rings. The SMILES string of the molecule is CCc1cnccc1C(N)CC(CC)CC. The third-order valence-electron chi connectivity index (χ3n) is 3.46. The van der Waals surface area contributed by atoms with Gasteiger partial charge in [-0.3, -0.25) is 4.98 Å². The lowest BCUT2D eigenvalue weighted by molar-refractivity contribution is 0.413. The van der Waals surface area contributed by atoms with Gasteiger partial charge >= 0.3 is 0 Å². The molecular weight excluding hydrogens is 196 g/mol. The van der Waals surface area contributed by atoms with Crippen LogP contribution in [0.2, 0.25) is 0 Å². The zero-order valence-electron chi connectivity index (χ0n) is 10.7. The van der Waals surface area contributed by atoms with Crippen LogP contribution in [-0.2, 0) is 6.42 Å². The summed E-state index contributed by atoms with van der Waals surface area (Å²) in [6, 6.07) is 2.24. The summed E-state index contributed by atoms with van der Waals surface area (Å²) in [5.74, 6) is 0.743. The largest absolute Gasteiger partial charge is 0.324 e. The normalized spacial score (nSPS) is 13.1. The van der Waals surface area contributed by atoms with Crippen molar-refractivity contribution in [3.8, 4) is 0 Å². The maximum atomic E-state index is 6.30. The topological polar surface area (TPSA) is 38.9 Å². The second-order valence-electron chi connectivity index (χ2n) is 4.45. The van der Waals surface area contributed by atoms with Gasteiger partial charge in [-0.05, 0) is 36.0 Å². The lowest BCUT2D eigenvalue weighted by Crippen LogP contribution is -2.16. The Kier molecular flexibility index (Phi) is 5.47. The molecule has 0 amide bonds. The van der Waals surface area contributed by atoms with Gasteiger partial charge in [-0.15, -0.1) is 0 Å². The Balaban J connectivity index is 2.75. The minimum Gasteiger partial charge on any atom is -0.324 e. The molecule has 0 spiro atoms. The van der Waals surface area contributed by atoms with E-state index in [9.17, 15) is 0 Å². The predicted octanol–water partition coefficient (Wildman–Crippen LogP) is 3.47. The third kappa shape index (κ3) is 3.31. The van der Waals surface area contributed by atoms with Crippen LogP contribution >= 0.6 is 0 Å². The van der Waals surface area contributed by atoms with E-state index in [1.807, 2.05) is 12.4 Å². The van der Waals surface area contributed by atoms with Crippen LogP contribution < -0.4 is 5.73 Å². The molecule has 90 valence electrons. The van der Waals surface area contributed by atoms with Crippen molar-refractivity contribution in [2.75, 3.05) is 0 Å². The summed E-state index contributed by atoms with van der Waals surface area (Å²) in [7, 11) is 0. The highest BCUT2D eigenvalue weighted by Gasteiger charge is 2.14.